The highest BCUT2D eigenvalue weighted by atomic mass is 79.9. The second kappa shape index (κ2) is 7.05. The minimum atomic E-state index is -4.50. The highest BCUT2D eigenvalue weighted by Crippen LogP contribution is 2.27. The maximum absolute atomic E-state index is 12.5. The molecule has 1 aliphatic heterocycles. The van der Waals surface area contributed by atoms with Gasteiger partial charge in [-0.1, -0.05) is 15.9 Å². The van der Waals surface area contributed by atoms with Crippen molar-refractivity contribution in [1.82, 2.24) is 0 Å². The Kier molecular flexibility index (Phi) is 5.60. The lowest BCUT2D eigenvalue weighted by atomic mass is 9.95. The quantitative estimate of drug-likeness (QED) is 0.729. The second-order valence-electron chi connectivity index (χ2n) is 5.23. The molecule has 0 N–H and O–H groups in total. The first-order chi connectivity index (χ1) is 9.95. The molecule has 1 atom stereocenters. The fraction of sp³-hybridized carbons (Fsp3) is 0.571. The summed E-state index contributed by atoms with van der Waals surface area (Å²) >= 11 is 3.45. The van der Waals surface area contributed by atoms with Gasteiger partial charge in [0.15, 0.2) is 0 Å². The molecule has 0 amide bonds. The number of halogens is 3. The van der Waals surface area contributed by atoms with Crippen LogP contribution in [0.1, 0.15) is 19.3 Å². The zero-order chi connectivity index (χ0) is 15.5. The minimum Gasteiger partial charge on any atom is -0.371 e. The van der Waals surface area contributed by atoms with Crippen LogP contribution in [0, 0.1) is 5.92 Å². The summed E-state index contributed by atoms with van der Waals surface area (Å²) in [7, 11) is -4.50. The lowest BCUT2D eigenvalue weighted by Crippen LogP contribution is -2.35. The maximum atomic E-state index is 12.5. The zero-order valence-electron chi connectivity index (χ0n) is 11.5. The normalized spacial score (nSPS) is 20.0. The van der Waals surface area contributed by atoms with Gasteiger partial charge in [0.1, 0.15) is 0 Å². The predicted octanol–water partition coefficient (Wildman–Crippen LogP) is 3.68. The smallest absolute Gasteiger partial charge is 0.341 e. The van der Waals surface area contributed by atoms with Crippen LogP contribution >= 0.6 is 15.9 Å². The van der Waals surface area contributed by atoms with Gasteiger partial charge in [0.05, 0.1) is 4.90 Å². The zero-order valence-corrected chi connectivity index (χ0v) is 13.9. The summed E-state index contributed by atoms with van der Waals surface area (Å²) in [5.41, 5.74) is 0.891. The molecule has 1 aromatic carbocycles. The Labute approximate surface area is 132 Å². The SMILES string of the molecule is O=S(=O)(c1ccc(N2CCCC(CCBr)C2)cc1)C(F)F. The lowest BCUT2D eigenvalue weighted by Gasteiger charge is -2.34. The molecule has 1 fully saturated rings. The fourth-order valence-electron chi connectivity index (χ4n) is 2.64. The Morgan fingerprint density at radius 2 is 1.95 bits per heavy atom. The Morgan fingerprint density at radius 1 is 1.29 bits per heavy atom. The van der Waals surface area contributed by atoms with Crippen LogP contribution in [0.3, 0.4) is 0 Å². The molecule has 1 unspecified atom stereocenters. The Balaban J connectivity index is 2.12. The van der Waals surface area contributed by atoms with Crippen molar-refractivity contribution in [3.8, 4) is 0 Å². The molecule has 1 aliphatic rings. The molecule has 0 aliphatic carbocycles. The topological polar surface area (TPSA) is 37.4 Å². The fourth-order valence-corrected chi connectivity index (χ4v) is 4.01. The molecule has 0 spiro atoms. The summed E-state index contributed by atoms with van der Waals surface area (Å²) in [5.74, 6) is -2.76. The summed E-state index contributed by atoms with van der Waals surface area (Å²) in [6.07, 6.45) is 3.39. The molecule has 7 heteroatoms. The Hall–Kier alpha value is -0.690. The van der Waals surface area contributed by atoms with Gasteiger partial charge in [-0.15, -0.1) is 0 Å². The van der Waals surface area contributed by atoms with Gasteiger partial charge in [-0.3, -0.25) is 0 Å². The molecule has 0 bridgehead atoms. The molecule has 3 nitrogen and oxygen atoms in total. The van der Waals surface area contributed by atoms with Gasteiger partial charge in [0, 0.05) is 24.1 Å². The highest BCUT2D eigenvalue weighted by molar-refractivity contribution is 9.09. The molecule has 118 valence electrons. The van der Waals surface area contributed by atoms with E-state index in [1.165, 1.54) is 18.6 Å². The van der Waals surface area contributed by atoms with Gasteiger partial charge >= 0.3 is 5.76 Å². The number of rotatable bonds is 5. The number of piperidine rings is 1. The summed E-state index contributed by atoms with van der Waals surface area (Å²) in [4.78, 5) is 1.87. The summed E-state index contributed by atoms with van der Waals surface area (Å²) in [5, 5.41) is 0.969. The van der Waals surface area contributed by atoms with Gasteiger partial charge in [-0.2, -0.15) is 8.78 Å². The maximum Gasteiger partial charge on any atom is 0.341 e. The number of benzene rings is 1. The summed E-state index contributed by atoms with van der Waals surface area (Å²) < 4.78 is 47.7. The molecule has 1 heterocycles. The van der Waals surface area contributed by atoms with Crippen molar-refractivity contribution < 1.29 is 17.2 Å². The molecule has 1 saturated heterocycles. The first kappa shape index (κ1) is 16.7. The van der Waals surface area contributed by atoms with E-state index in [1.54, 1.807) is 12.1 Å². The van der Waals surface area contributed by atoms with Crippen molar-refractivity contribution >= 4 is 31.5 Å². The molecule has 0 saturated carbocycles. The first-order valence-electron chi connectivity index (χ1n) is 6.88. The summed E-state index contributed by atoms with van der Waals surface area (Å²) in [6.45, 7) is 1.84. The number of alkyl halides is 3. The second-order valence-corrected chi connectivity index (χ2v) is 7.94. The number of hydrogen-bond acceptors (Lipinski definition) is 3. The van der Waals surface area contributed by atoms with Crippen LogP contribution in [-0.2, 0) is 9.84 Å². The molecule has 0 aromatic heterocycles. The van der Waals surface area contributed by atoms with Crippen molar-refractivity contribution in [2.45, 2.75) is 29.9 Å². The molecule has 2 rings (SSSR count). The minimum absolute atomic E-state index is 0.324. The lowest BCUT2D eigenvalue weighted by molar-refractivity contribution is 0.234. The van der Waals surface area contributed by atoms with E-state index in [2.05, 4.69) is 20.8 Å². The number of hydrogen-bond donors (Lipinski definition) is 0. The molecule has 1 aromatic rings. The van der Waals surface area contributed by atoms with Crippen LogP contribution in [0.25, 0.3) is 0 Å². The average molecular weight is 382 g/mol. The summed E-state index contributed by atoms with van der Waals surface area (Å²) in [6, 6.07) is 5.77. The number of sulfone groups is 1. The molecule has 21 heavy (non-hydrogen) atoms. The van der Waals surface area contributed by atoms with Crippen LogP contribution in [0.4, 0.5) is 14.5 Å². The average Bonchev–Trinajstić information content (AvgIpc) is 2.48. The van der Waals surface area contributed by atoms with Crippen LogP contribution in [0.2, 0.25) is 0 Å². The van der Waals surface area contributed by atoms with E-state index in [0.717, 1.165) is 36.9 Å². The predicted molar refractivity (Wildman–Crippen MR) is 83.0 cm³/mol. The van der Waals surface area contributed by atoms with Gasteiger partial charge in [0.2, 0.25) is 9.84 Å². The monoisotopic (exact) mass is 381 g/mol. The van der Waals surface area contributed by atoms with E-state index in [1.807, 2.05) is 0 Å². The van der Waals surface area contributed by atoms with Gasteiger partial charge < -0.3 is 4.90 Å². The van der Waals surface area contributed by atoms with Crippen LogP contribution in [0.5, 0.6) is 0 Å². The standard InChI is InChI=1S/C14H18BrF2NO2S/c15-8-7-11-2-1-9-18(10-11)12-3-5-13(6-4-12)21(19,20)14(16)17/h3-6,11,14H,1-2,7-10H2. The third-order valence-electron chi connectivity index (χ3n) is 3.80. The Bertz CT molecular complexity index is 561. The van der Waals surface area contributed by atoms with E-state index >= 15 is 0 Å². The van der Waals surface area contributed by atoms with E-state index in [4.69, 9.17) is 0 Å². The Morgan fingerprint density at radius 3 is 2.52 bits per heavy atom. The molecular weight excluding hydrogens is 364 g/mol. The van der Waals surface area contributed by atoms with Crippen LogP contribution in [-0.4, -0.2) is 32.6 Å². The largest absolute Gasteiger partial charge is 0.371 e. The van der Waals surface area contributed by atoms with Gasteiger partial charge in [-0.25, -0.2) is 8.42 Å². The van der Waals surface area contributed by atoms with Gasteiger partial charge in [-0.05, 0) is 49.4 Å². The third kappa shape index (κ3) is 3.94. The van der Waals surface area contributed by atoms with E-state index in [0.29, 0.717) is 5.92 Å². The third-order valence-corrected chi connectivity index (χ3v) is 5.66. The number of nitrogens with zero attached hydrogens (tertiary/aromatic N) is 1. The van der Waals surface area contributed by atoms with E-state index < -0.39 is 15.6 Å². The van der Waals surface area contributed by atoms with Gasteiger partial charge in [0.25, 0.3) is 0 Å². The van der Waals surface area contributed by atoms with Crippen molar-refractivity contribution in [3.63, 3.8) is 0 Å². The molecular formula is C14H18BrF2NO2S. The van der Waals surface area contributed by atoms with Crippen molar-refractivity contribution in [2.75, 3.05) is 23.3 Å². The highest BCUT2D eigenvalue weighted by Gasteiger charge is 2.27. The van der Waals surface area contributed by atoms with Crippen molar-refractivity contribution in [1.29, 1.82) is 0 Å². The number of anilines is 1. The van der Waals surface area contributed by atoms with Crippen molar-refractivity contribution in [2.24, 2.45) is 5.92 Å². The molecule has 0 radical (unpaired) electrons. The van der Waals surface area contributed by atoms with E-state index in [9.17, 15) is 17.2 Å². The van der Waals surface area contributed by atoms with Crippen molar-refractivity contribution in [3.05, 3.63) is 24.3 Å². The first-order valence-corrected chi connectivity index (χ1v) is 9.55. The van der Waals surface area contributed by atoms with Crippen LogP contribution < -0.4 is 4.90 Å². The van der Waals surface area contributed by atoms with Crippen LogP contribution in [0.15, 0.2) is 29.2 Å². The van der Waals surface area contributed by atoms with E-state index in [-0.39, 0.29) is 4.90 Å².